The molecule has 6 nitrogen and oxygen atoms in total. The lowest BCUT2D eigenvalue weighted by Crippen LogP contribution is -2.20. The molecular weight excluding hydrogens is 400 g/mol. The standard InChI is InChI=1S/C23H24N2O4S/c1-16(26)18-5-4-6-19(15-18)24-23(27)17-7-13-22(14-8-17)30(28)25(2)20-9-11-21(29-3)12-10-20/h4-16,26H,1-3H3,(H,24,27). The van der Waals surface area contributed by atoms with Crippen molar-refractivity contribution in [2.75, 3.05) is 23.8 Å². The molecule has 0 aliphatic carbocycles. The molecule has 0 aliphatic heterocycles. The van der Waals surface area contributed by atoms with Gasteiger partial charge in [-0.2, -0.15) is 0 Å². The molecule has 0 bridgehead atoms. The van der Waals surface area contributed by atoms with Crippen LogP contribution in [0.5, 0.6) is 5.75 Å². The van der Waals surface area contributed by atoms with Gasteiger partial charge in [-0.05, 0) is 73.2 Å². The van der Waals surface area contributed by atoms with Gasteiger partial charge in [0, 0.05) is 24.0 Å². The Morgan fingerprint density at radius 2 is 1.73 bits per heavy atom. The number of methoxy groups -OCH3 is 1. The van der Waals surface area contributed by atoms with Crippen molar-refractivity contribution in [2.24, 2.45) is 0 Å². The van der Waals surface area contributed by atoms with Gasteiger partial charge in [0.1, 0.15) is 5.75 Å². The molecule has 7 heteroatoms. The third-order valence-electron chi connectivity index (χ3n) is 4.63. The van der Waals surface area contributed by atoms with Crippen molar-refractivity contribution in [3.05, 3.63) is 83.9 Å². The predicted molar refractivity (Wildman–Crippen MR) is 119 cm³/mol. The van der Waals surface area contributed by atoms with E-state index in [1.54, 1.807) is 73.9 Å². The second-order valence-corrected chi connectivity index (χ2v) is 8.24. The first kappa shape index (κ1) is 21.5. The monoisotopic (exact) mass is 424 g/mol. The van der Waals surface area contributed by atoms with Gasteiger partial charge in [0.25, 0.3) is 5.91 Å². The third-order valence-corrected chi connectivity index (χ3v) is 6.01. The fourth-order valence-electron chi connectivity index (χ4n) is 2.85. The van der Waals surface area contributed by atoms with E-state index in [-0.39, 0.29) is 5.91 Å². The van der Waals surface area contributed by atoms with Gasteiger partial charge in [0.05, 0.1) is 18.1 Å². The van der Waals surface area contributed by atoms with Gasteiger partial charge < -0.3 is 15.2 Å². The first-order valence-corrected chi connectivity index (χ1v) is 10.5. The van der Waals surface area contributed by atoms with E-state index < -0.39 is 17.1 Å². The number of carbonyl (C=O) groups is 1. The number of aliphatic hydroxyl groups is 1. The van der Waals surface area contributed by atoms with E-state index in [9.17, 15) is 14.1 Å². The average Bonchev–Trinajstić information content (AvgIpc) is 2.78. The van der Waals surface area contributed by atoms with Crippen LogP contribution >= 0.6 is 0 Å². The van der Waals surface area contributed by atoms with Gasteiger partial charge in [-0.3, -0.25) is 9.10 Å². The summed E-state index contributed by atoms with van der Waals surface area (Å²) in [4.78, 5) is 13.1. The molecule has 30 heavy (non-hydrogen) atoms. The molecule has 0 radical (unpaired) electrons. The van der Waals surface area contributed by atoms with Crippen molar-refractivity contribution in [3.63, 3.8) is 0 Å². The van der Waals surface area contributed by atoms with E-state index in [1.165, 1.54) is 0 Å². The van der Waals surface area contributed by atoms with Crippen molar-refractivity contribution in [1.82, 2.24) is 0 Å². The number of rotatable bonds is 7. The maximum absolute atomic E-state index is 12.9. The second kappa shape index (κ2) is 9.56. The van der Waals surface area contributed by atoms with Crippen LogP contribution in [0.2, 0.25) is 0 Å². The number of benzene rings is 3. The lowest BCUT2D eigenvalue weighted by atomic mass is 10.1. The largest absolute Gasteiger partial charge is 0.497 e. The highest BCUT2D eigenvalue weighted by Crippen LogP contribution is 2.23. The molecule has 2 atom stereocenters. The topological polar surface area (TPSA) is 78.9 Å². The highest BCUT2D eigenvalue weighted by atomic mass is 32.2. The normalized spacial score (nSPS) is 12.7. The van der Waals surface area contributed by atoms with Crippen molar-refractivity contribution >= 4 is 28.3 Å². The highest BCUT2D eigenvalue weighted by Gasteiger charge is 2.14. The summed E-state index contributed by atoms with van der Waals surface area (Å²) in [6.45, 7) is 1.67. The van der Waals surface area contributed by atoms with Gasteiger partial charge in [0.15, 0.2) is 11.0 Å². The van der Waals surface area contributed by atoms with Crippen LogP contribution in [0.25, 0.3) is 0 Å². The van der Waals surface area contributed by atoms with E-state index in [0.29, 0.717) is 16.1 Å². The summed E-state index contributed by atoms with van der Waals surface area (Å²) < 4.78 is 19.6. The Hall–Kier alpha value is -3.16. The van der Waals surface area contributed by atoms with Crippen molar-refractivity contribution in [1.29, 1.82) is 0 Å². The molecule has 156 valence electrons. The summed E-state index contributed by atoms with van der Waals surface area (Å²) in [6, 6.07) is 21.0. The molecule has 3 aromatic rings. The molecule has 0 spiro atoms. The maximum atomic E-state index is 12.9. The minimum absolute atomic E-state index is 0.279. The Bertz CT molecular complexity index is 1030. The molecule has 0 aliphatic rings. The summed E-state index contributed by atoms with van der Waals surface area (Å²) in [5.74, 6) is 0.450. The Kier molecular flexibility index (Phi) is 6.87. The fraction of sp³-hybridized carbons (Fsp3) is 0.174. The number of hydrogen-bond acceptors (Lipinski definition) is 4. The molecule has 0 heterocycles. The SMILES string of the molecule is COc1ccc(N(C)S(=O)c2ccc(C(=O)Nc3cccc(C(C)O)c3)cc2)cc1. The average molecular weight is 425 g/mol. The second-order valence-electron chi connectivity index (χ2n) is 6.72. The number of anilines is 2. The molecule has 2 N–H and O–H groups in total. The van der Waals surface area contributed by atoms with Crippen molar-refractivity contribution in [3.8, 4) is 5.75 Å². The molecule has 3 aromatic carbocycles. The Morgan fingerprint density at radius 1 is 1.07 bits per heavy atom. The number of nitrogens with zero attached hydrogens (tertiary/aromatic N) is 1. The van der Waals surface area contributed by atoms with Crippen LogP contribution in [0.4, 0.5) is 11.4 Å². The molecule has 0 fully saturated rings. The van der Waals surface area contributed by atoms with Gasteiger partial charge in [-0.15, -0.1) is 0 Å². The third kappa shape index (κ3) is 5.06. The zero-order valence-corrected chi connectivity index (χ0v) is 17.8. The quantitative estimate of drug-likeness (QED) is 0.597. The number of aliphatic hydroxyl groups excluding tert-OH is 1. The number of hydrogen-bond donors (Lipinski definition) is 2. The van der Waals surface area contributed by atoms with Gasteiger partial charge in [-0.1, -0.05) is 12.1 Å². The smallest absolute Gasteiger partial charge is 0.255 e. The Balaban J connectivity index is 1.69. The zero-order valence-electron chi connectivity index (χ0n) is 17.0. The van der Waals surface area contributed by atoms with Gasteiger partial charge >= 0.3 is 0 Å². The number of amides is 1. The number of nitrogens with one attached hydrogen (secondary N) is 1. The zero-order chi connectivity index (χ0) is 21.7. The van der Waals surface area contributed by atoms with Gasteiger partial charge in [0.2, 0.25) is 0 Å². The Labute approximate surface area is 178 Å². The van der Waals surface area contributed by atoms with E-state index in [4.69, 9.17) is 4.74 Å². The molecule has 3 rings (SSSR count). The van der Waals surface area contributed by atoms with Crippen LogP contribution in [-0.4, -0.2) is 29.4 Å². The Morgan fingerprint density at radius 3 is 2.33 bits per heavy atom. The first-order valence-electron chi connectivity index (χ1n) is 9.38. The summed E-state index contributed by atoms with van der Waals surface area (Å²) in [5.41, 5.74) is 2.56. The molecular formula is C23H24N2O4S. The van der Waals surface area contributed by atoms with E-state index in [1.807, 2.05) is 24.3 Å². The summed E-state index contributed by atoms with van der Waals surface area (Å²) in [7, 11) is 1.92. The number of carbonyl (C=O) groups excluding carboxylic acids is 1. The fourth-order valence-corrected chi connectivity index (χ4v) is 3.85. The predicted octanol–water partition coefficient (Wildman–Crippen LogP) is 4.16. The van der Waals surface area contributed by atoms with Gasteiger partial charge in [-0.25, -0.2) is 4.21 Å². The van der Waals surface area contributed by atoms with Crippen LogP contribution in [0.15, 0.2) is 77.7 Å². The van der Waals surface area contributed by atoms with Crippen molar-refractivity contribution < 1.29 is 18.8 Å². The number of ether oxygens (including phenoxy) is 1. The lowest BCUT2D eigenvalue weighted by Gasteiger charge is -2.18. The minimum atomic E-state index is -1.42. The summed E-state index contributed by atoms with van der Waals surface area (Å²) in [6.07, 6.45) is -0.612. The van der Waals surface area contributed by atoms with Crippen LogP contribution in [0.1, 0.15) is 28.9 Å². The first-order chi connectivity index (χ1) is 14.4. The maximum Gasteiger partial charge on any atom is 0.255 e. The molecule has 1 amide bonds. The summed E-state index contributed by atoms with van der Waals surface area (Å²) in [5, 5.41) is 12.5. The molecule has 0 saturated heterocycles. The molecule has 2 unspecified atom stereocenters. The lowest BCUT2D eigenvalue weighted by molar-refractivity contribution is 0.102. The van der Waals surface area contributed by atoms with Crippen LogP contribution < -0.4 is 14.4 Å². The van der Waals surface area contributed by atoms with Crippen LogP contribution in [-0.2, 0) is 11.0 Å². The summed E-state index contributed by atoms with van der Waals surface area (Å²) >= 11 is 0. The van der Waals surface area contributed by atoms with E-state index in [0.717, 1.165) is 17.0 Å². The van der Waals surface area contributed by atoms with E-state index in [2.05, 4.69) is 5.32 Å². The van der Waals surface area contributed by atoms with Crippen LogP contribution in [0, 0.1) is 0 Å². The van der Waals surface area contributed by atoms with E-state index >= 15 is 0 Å². The highest BCUT2D eigenvalue weighted by molar-refractivity contribution is 7.86. The van der Waals surface area contributed by atoms with Crippen molar-refractivity contribution in [2.45, 2.75) is 17.9 Å². The van der Waals surface area contributed by atoms with Crippen LogP contribution in [0.3, 0.4) is 0 Å². The molecule has 0 saturated carbocycles. The molecule has 0 aromatic heterocycles. The minimum Gasteiger partial charge on any atom is -0.497 e.